The normalized spacial score (nSPS) is 15.9. The zero-order chi connectivity index (χ0) is 12.9. The van der Waals surface area contributed by atoms with Crippen molar-refractivity contribution in [1.82, 2.24) is 0 Å². The lowest BCUT2D eigenvalue weighted by Gasteiger charge is -2.18. The molecule has 4 heteroatoms. The van der Waals surface area contributed by atoms with Crippen LogP contribution in [0.5, 0.6) is 0 Å². The van der Waals surface area contributed by atoms with E-state index in [0.717, 1.165) is 5.56 Å². The molecule has 0 amide bonds. The van der Waals surface area contributed by atoms with Crippen molar-refractivity contribution in [1.29, 1.82) is 0 Å². The van der Waals surface area contributed by atoms with Gasteiger partial charge < -0.3 is 0 Å². The van der Waals surface area contributed by atoms with E-state index in [2.05, 4.69) is 0 Å². The highest BCUT2D eigenvalue weighted by molar-refractivity contribution is 7.91. The maximum Gasteiger partial charge on any atom is 0.208 e. The molecule has 18 heavy (non-hydrogen) atoms. The Balaban J connectivity index is 2.45. The van der Waals surface area contributed by atoms with E-state index in [9.17, 15) is 13.2 Å². The molecule has 0 atom stereocenters. The van der Waals surface area contributed by atoms with E-state index in [1.54, 1.807) is 43.3 Å². The van der Waals surface area contributed by atoms with E-state index in [-0.39, 0.29) is 26.7 Å². The van der Waals surface area contributed by atoms with Gasteiger partial charge in [-0.05, 0) is 36.8 Å². The first kappa shape index (κ1) is 11.2. The SMILES string of the molecule is Cc1ccc2c(c1)S(=O)(=O)c1ccccc1C2=O. The first-order chi connectivity index (χ1) is 8.51. The molecular formula is C14H10O3S. The van der Waals surface area contributed by atoms with Crippen molar-refractivity contribution in [2.45, 2.75) is 16.7 Å². The van der Waals surface area contributed by atoms with Crippen molar-refractivity contribution >= 4 is 15.6 Å². The number of benzene rings is 2. The third-order valence-corrected chi connectivity index (χ3v) is 4.94. The van der Waals surface area contributed by atoms with E-state index in [4.69, 9.17) is 0 Å². The number of aryl methyl sites for hydroxylation is 1. The summed E-state index contributed by atoms with van der Waals surface area (Å²) in [7, 11) is -3.58. The number of carbonyl (C=O) groups is 1. The highest BCUT2D eigenvalue weighted by Gasteiger charge is 2.34. The van der Waals surface area contributed by atoms with Crippen LogP contribution in [-0.2, 0) is 9.84 Å². The minimum absolute atomic E-state index is 0.105. The van der Waals surface area contributed by atoms with Crippen LogP contribution in [-0.4, -0.2) is 14.2 Å². The van der Waals surface area contributed by atoms with Gasteiger partial charge in [-0.3, -0.25) is 4.79 Å². The lowest BCUT2D eigenvalue weighted by molar-refractivity contribution is 0.103. The van der Waals surface area contributed by atoms with Crippen molar-refractivity contribution < 1.29 is 13.2 Å². The maximum absolute atomic E-state index is 12.4. The summed E-state index contributed by atoms with van der Waals surface area (Å²) in [6, 6.07) is 11.2. The second-order valence-corrected chi connectivity index (χ2v) is 6.21. The Kier molecular flexibility index (Phi) is 2.19. The molecule has 0 aromatic heterocycles. The molecule has 3 nitrogen and oxygen atoms in total. The Hall–Kier alpha value is -1.94. The largest absolute Gasteiger partial charge is 0.289 e. The van der Waals surface area contributed by atoms with E-state index < -0.39 is 9.84 Å². The number of rotatable bonds is 0. The molecule has 3 rings (SSSR count). The van der Waals surface area contributed by atoms with Crippen molar-refractivity contribution in [3.8, 4) is 0 Å². The molecule has 2 aromatic rings. The van der Waals surface area contributed by atoms with Crippen molar-refractivity contribution in [3.63, 3.8) is 0 Å². The molecular weight excluding hydrogens is 248 g/mol. The van der Waals surface area contributed by atoms with Gasteiger partial charge in [0.2, 0.25) is 9.84 Å². The molecule has 0 bridgehead atoms. The number of carbonyl (C=O) groups excluding carboxylic acids is 1. The standard InChI is InChI=1S/C14H10O3S/c1-9-6-7-11-13(8-9)18(16,17)12-5-3-2-4-10(12)14(11)15/h2-8H,1H3. The maximum atomic E-state index is 12.4. The molecule has 0 fully saturated rings. The highest BCUT2D eigenvalue weighted by atomic mass is 32.2. The monoisotopic (exact) mass is 258 g/mol. The first-order valence-electron chi connectivity index (χ1n) is 5.51. The predicted octanol–water partition coefficient (Wildman–Crippen LogP) is 2.37. The van der Waals surface area contributed by atoms with Crippen LogP contribution in [0.3, 0.4) is 0 Å². The van der Waals surface area contributed by atoms with Crippen LogP contribution in [0, 0.1) is 6.92 Å². The predicted molar refractivity (Wildman–Crippen MR) is 66.5 cm³/mol. The molecule has 0 saturated heterocycles. The zero-order valence-electron chi connectivity index (χ0n) is 9.67. The lowest BCUT2D eigenvalue weighted by Crippen LogP contribution is -2.20. The fourth-order valence-corrected chi connectivity index (χ4v) is 3.93. The average Bonchev–Trinajstić information content (AvgIpc) is 2.36. The molecule has 0 unspecified atom stereocenters. The third-order valence-electron chi connectivity index (χ3n) is 3.09. The summed E-state index contributed by atoms with van der Waals surface area (Å²) < 4.78 is 24.9. The number of sulfone groups is 1. The van der Waals surface area contributed by atoms with Crippen molar-refractivity contribution in [2.75, 3.05) is 0 Å². The fourth-order valence-electron chi connectivity index (χ4n) is 2.19. The molecule has 0 N–H and O–H groups in total. The van der Waals surface area contributed by atoms with Crippen LogP contribution < -0.4 is 0 Å². The molecule has 90 valence electrons. The van der Waals surface area contributed by atoms with Gasteiger partial charge in [0.15, 0.2) is 5.78 Å². The third kappa shape index (κ3) is 1.36. The van der Waals surface area contributed by atoms with Gasteiger partial charge in [0.1, 0.15) is 0 Å². The Labute approximate surface area is 105 Å². The van der Waals surface area contributed by atoms with E-state index in [1.807, 2.05) is 0 Å². The van der Waals surface area contributed by atoms with Gasteiger partial charge in [-0.15, -0.1) is 0 Å². The molecule has 0 spiro atoms. The lowest BCUT2D eigenvalue weighted by atomic mass is 10.0. The Morgan fingerprint density at radius 2 is 1.56 bits per heavy atom. The van der Waals surface area contributed by atoms with Crippen molar-refractivity contribution in [2.24, 2.45) is 0 Å². The number of fused-ring (bicyclic) bond motifs is 2. The molecule has 1 aliphatic rings. The number of hydrogen-bond acceptors (Lipinski definition) is 3. The summed E-state index contributed by atoms with van der Waals surface area (Å²) in [4.78, 5) is 12.5. The van der Waals surface area contributed by atoms with E-state index in [1.165, 1.54) is 6.07 Å². The molecule has 0 radical (unpaired) electrons. The molecule has 1 heterocycles. The van der Waals surface area contributed by atoms with Gasteiger partial charge in [-0.1, -0.05) is 18.2 Å². The van der Waals surface area contributed by atoms with Crippen LogP contribution in [0.4, 0.5) is 0 Å². The summed E-state index contributed by atoms with van der Waals surface area (Å²) in [5, 5.41) is 0. The molecule has 0 aliphatic carbocycles. The van der Waals surface area contributed by atoms with Crippen LogP contribution in [0.25, 0.3) is 0 Å². The highest BCUT2D eigenvalue weighted by Crippen LogP contribution is 2.34. The van der Waals surface area contributed by atoms with Gasteiger partial charge in [0.25, 0.3) is 0 Å². The zero-order valence-corrected chi connectivity index (χ0v) is 10.5. The van der Waals surface area contributed by atoms with E-state index in [0.29, 0.717) is 0 Å². The Morgan fingerprint density at radius 3 is 2.33 bits per heavy atom. The summed E-state index contributed by atoms with van der Waals surface area (Å²) in [5.41, 5.74) is 1.35. The summed E-state index contributed by atoms with van der Waals surface area (Å²) in [6.45, 7) is 1.81. The van der Waals surface area contributed by atoms with Gasteiger partial charge >= 0.3 is 0 Å². The van der Waals surface area contributed by atoms with Crippen molar-refractivity contribution in [3.05, 3.63) is 59.2 Å². The summed E-state index contributed by atoms with van der Waals surface area (Å²) in [6.07, 6.45) is 0. The fraction of sp³-hybridized carbons (Fsp3) is 0.0714. The van der Waals surface area contributed by atoms with Gasteiger partial charge in [-0.2, -0.15) is 0 Å². The topological polar surface area (TPSA) is 51.2 Å². The van der Waals surface area contributed by atoms with Crippen LogP contribution >= 0.6 is 0 Å². The Bertz CT molecular complexity index is 773. The minimum Gasteiger partial charge on any atom is -0.289 e. The van der Waals surface area contributed by atoms with Gasteiger partial charge in [0.05, 0.1) is 9.79 Å². The minimum atomic E-state index is -3.58. The van der Waals surface area contributed by atoms with E-state index >= 15 is 0 Å². The number of hydrogen-bond donors (Lipinski definition) is 0. The molecule has 0 saturated carbocycles. The molecule has 2 aromatic carbocycles. The second-order valence-electron chi connectivity index (χ2n) is 4.33. The van der Waals surface area contributed by atoms with Gasteiger partial charge in [-0.25, -0.2) is 8.42 Å². The quantitative estimate of drug-likeness (QED) is 0.622. The summed E-state index contributed by atoms with van der Waals surface area (Å²) >= 11 is 0. The Morgan fingerprint density at radius 1 is 0.889 bits per heavy atom. The number of ketones is 1. The molecule has 1 aliphatic heterocycles. The second kappa shape index (κ2) is 3.53. The van der Waals surface area contributed by atoms with Crippen LogP contribution in [0.15, 0.2) is 52.3 Å². The summed E-state index contributed by atoms with van der Waals surface area (Å²) in [5.74, 6) is -0.226. The average molecular weight is 258 g/mol. The smallest absolute Gasteiger partial charge is 0.208 e. The van der Waals surface area contributed by atoms with Gasteiger partial charge in [0, 0.05) is 11.1 Å². The first-order valence-corrected chi connectivity index (χ1v) is 6.99. The van der Waals surface area contributed by atoms with Crippen LogP contribution in [0.2, 0.25) is 0 Å². The van der Waals surface area contributed by atoms with Crippen LogP contribution in [0.1, 0.15) is 21.5 Å².